The molecule has 1 aromatic heterocycles. The fraction of sp³-hybridized carbons (Fsp3) is 0.333. The van der Waals surface area contributed by atoms with Crippen molar-refractivity contribution >= 4 is 5.82 Å². The minimum Gasteiger partial charge on any atom is -0.463 e. The molecule has 0 N–H and O–H groups in total. The minimum atomic E-state index is -5.05. The highest BCUT2D eigenvalue weighted by molar-refractivity contribution is 5.47. The topological polar surface area (TPSA) is 98.3 Å². The van der Waals surface area contributed by atoms with E-state index in [0.29, 0.717) is 6.07 Å². The fourth-order valence-corrected chi connectivity index (χ4v) is 1.23. The van der Waals surface area contributed by atoms with Crippen LogP contribution in [0.25, 0.3) is 0 Å². The number of nitrogens with zero attached hydrogens (tertiary/aromatic N) is 3. The molecule has 0 atom stereocenters. The van der Waals surface area contributed by atoms with E-state index in [0.717, 1.165) is 7.11 Å². The summed E-state index contributed by atoms with van der Waals surface area (Å²) in [6.45, 7) is 0. The first-order valence-corrected chi connectivity index (χ1v) is 4.63. The van der Waals surface area contributed by atoms with Crippen molar-refractivity contribution in [3.05, 3.63) is 21.7 Å². The fourth-order valence-electron chi connectivity index (χ4n) is 1.23. The van der Waals surface area contributed by atoms with Crippen LogP contribution < -0.4 is 9.47 Å². The summed E-state index contributed by atoms with van der Waals surface area (Å²) in [5.41, 5.74) is -0.312. The molecule has 0 fully saturated rings. The second-order valence-corrected chi connectivity index (χ2v) is 3.11. The van der Waals surface area contributed by atoms with Crippen LogP contribution in [0.4, 0.5) is 19.0 Å². The van der Waals surface area contributed by atoms with Crippen molar-refractivity contribution in [2.75, 3.05) is 7.11 Å². The normalized spacial score (nSPS) is 10.7. The lowest BCUT2D eigenvalue weighted by Crippen LogP contribution is -2.19. The number of aromatic nitrogens is 1. The van der Waals surface area contributed by atoms with Gasteiger partial charge in [0.1, 0.15) is 5.75 Å². The number of alkyl halides is 3. The Labute approximate surface area is 104 Å². The van der Waals surface area contributed by atoms with Crippen LogP contribution in [0.5, 0.6) is 11.6 Å². The zero-order chi connectivity index (χ0) is 14.6. The zero-order valence-electron chi connectivity index (χ0n) is 9.39. The Hall–Kier alpha value is -2.57. The van der Waals surface area contributed by atoms with Gasteiger partial charge in [0, 0.05) is 4.98 Å². The third-order valence-corrected chi connectivity index (χ3v) is 1.89. The molecule has 0 amide bonds. The summed E-state index contributed by atoms with van der Waals surface area (Å²) < 4.78 is 44.9. The molecule has 0 aliphatic rings. The molecule has 0 unspecified atom stereocenters. The Morgan fingerprint density at radius 1 is 1.58 bits per heavy atom. The lowest BCUT2D eigenvalue weighted by molar-refractivity contribution is -0.389. The molecule has 1 rings (SSSR count). The van der Waals surface area contributed by atoms with Gasteiger partial charge in [0.15, 0.2) is 0 Å². The van der Waals surface area contributed by atoms with Crippen LogP contribution in [-0.4, -0.2) is 23.4 Å². The van der Waals surface area contributed by atoms with Crippen molar-refractivity contribution in [1.82, 2.24) is 4.98 Å². The predicted molar refractivity (Wildman–Crippen MR) is 53.4 cm³/mol. The van der Waals surface area contributed by atoms with Crippen LogP contribution in [-0.2, 0) is 6.42 Å². The molecule has 0 saturated carbocycles. The summed E-state index contributed by atoms with van der Waals surface area (Å²) in [6.07, 6.45) is -5.55. The first kappa shape index (κ1) is 14.5. The Bertz CT molecular complexity index is 539. The maximum atomic E-state index is 12.2. The lowest BCUT2D eigenvalue weighted by atomic mass is 10.2. The SMILES string of the molecule is COc1nc([N+](=O)[O-])cc(OC(F)(F)F)c1CC#N. The van der Waals surface area contributed by atoms with Crippen molar-refractivity contribution < 1.29 is 27.6 Å². The Morgan fingerprint density at radius 2 is 2.21 bits per heavy atom. The van der Waals surface area contributed by atoms with Crippen LogP contribution in [0.1, 0.15) is 5.56 Å². The number of ether oxygens (including phenoxy) is 2. The zero-order valence-corrected chi connectivity index (χ0v) is 9.39. The molecule has 0 bridgehead atoms. The van der Waals surface area contributed by atoms with Crippen LogP contribution in [0.2, 0.25) is 0 Å². The van der Waals surface area contributed by atoms with E-state index in [9.17, 15) is 23.3 Å². The molecule has 0 aliphatic carbocycles. The van der Waals surface area contributed by atoms with Gasteiger partial charge in [-0.05, 0) is 4.92 Å². The largest absolute Gasteiger partial charge is 0.573 e. The van der Waals surface area contributed by atoms with Gasteiger partial charge in [-0.3, -0.25) is 0 Å². The third-order valence-electron chi connectivity index (χ3n) is 1.89. The standard InChI is InChI=1S/C9H6F3N3O4/c1-18-8-5(2-3-13)6(19-9(10,11)12)4-7(14-8)15(16)17/h4H,2H2,1H3. The molecule has 10 heteroatoms. The average molecular weight is 277 g/mol. The van der Waals surface area contributed by atoms with E-state index in [1.165, 1.54) is 0 Å². The molecule has 0 aliphatic heterocycles. The summed E-state index contributed by atoms with van der Waals surface area (Å²) in [4.78, 5) is 12.9. The van der Waals surface area contributed by atoms with Gasteiger partial charge in [0.2, 0.25) is 0 Å². The molecule has 0 saturated heterocycles. The Morgan fingerprint density at radius 3 is 2.63 bits per heavy atom. The van der Waals surface area contributed by atoms with Gasteiger partial charge in [-0.1, -0.05) is 0 Å². The van der Waals surface area contributed by atoms with E-state index in [4.69, 9.17) is 5.26 Å². The van der Waals surface area contributed by atoms with Crippen LogP contribution >= 0.6 is 0 Å². The summed E-state index contributed by atoms with van der Waals surface area (Å²) in [6, 6.07) is 2.09. The molecule has 102 valence electrons. The smallest absolute Gasteiger partial charge is 0.463 e. The number of halogens is 3. The van der Waals surface area contributed by atoms with Crippen LogP contribution in [0.15, 0.2) is 6.07 Å². The molecular formula is C9H6F3N3O4. The summed E-state index contributed by atoms with van der Waals surface area (Å²) in [5.74, 6) is -2.22. The Balaban J connectivity index is 3.41. The van der Waals surface area contributed by atoms with E-state index in [1.54, 1.807) is 6.07 Å². The first-order chi connectivity index (χ1) is 8.78. The van der Waals surface area contributed by atoms with Crippen molar-refractivity contribution in [2.24, 2.45) is 0 Å². The van der Waals surface area contributed by atoms with E-state index in [2.05, 4.69) is 14.5 Å². The van der Waals surface area contributed by atoms with E-state index in [1.807, 2.05) is 0 Å². The highest BCUT2D eigenvalue weighted by Crippen LogP contribution is 2.34. The summed E-state index contributed by atoms with van der Waals surface area (Å²) >= 11 is 0. The number of methoxy groups -OCH3 is 1. The number of hydrogen-bond acceptors (Lipinski definition) is 6. The van der Waals surface area contributed by atoms with Crippen molar-refractivity contribution in [2.45, 2.75) is 12.8 Å². The van der Waals surface area contributed by atoms with E-state index < -0.39 is 35.2 Å². The van der Waals surface area contributed by atoms with E-state index >= 15 is 0 Å². The van der Waals surface area contributed by atoms with Gasteiger partial charge in [-0.2, -0.15) is 5.26 Å². The molecule has 0 spiro atoms. The molecule has 7 nitrogen and oxygen atoms in total. The lowest BCUT2D eigenvalue weighted by Gasteiger charge is -2.12. The van der Waals surface area contributed by atoms with Crippen molar-refractivity contribution in [1.29, 1.82) is 5.26 Å². The van der Waals surface area contributed by atoms with Gasteiger partial charge in [-0.15, -0.1) is 13.2 Å². The maximum absolute atomic E-state index is 12.2. The number of hydrogen-bond donors (Lipinski definition) is 0. The van der Waals surface area contributed by atoms with E-state index in [-0.39, 0.29) is 5.56 Å². The quantitative estimate of drug-likeness (QED) is 0.616. The average Bonchev–Trinajstić information content (AvgIpc) is 2.29. The Kier molecular flexibility index (Phi) is 4.11. The van der Waals surface area contributed by atoms with Crippen molar-refractivity contribution in [3.63, 3.8) is 0 Å². The monoisotopic (exact) mass is 277 g/mol. The second kappa shape index (κ2) is 5.38. The molecule has 1 heterocycles. The predicted octanol–water partition coefficient (Wildman–Crippen LogP) is 1.96. The van der Waals surface area contributed by atoms with Gasteiger partial charge < -0.3 is 19.6 Å². The first-order valence-electron chi connectivity index (χ1n) is 4.63. The molecule has 1 aromatic rings. The van der Waals surface area contributed by atoms with Crippen LogP contribution in [0, 0.1) is 21.4 Å². The van der Waals surface area contributed by atoms with Crippen LogP contribution in [0.3, 0.4) is 0 Å². The number of rotatable bonds is 4. The number of pyridine rings is 1. The van der Waals surface area contributed by atoms with Gasteiger partial charge in [0.05, 0.1) is 31.2 Å². The minimum absolute atomic E-state index is 0.312. The molecule has 0 aromatic carbocycles. The van der Waals surface area contributed by atoms with Gasteiger partial charge >= 0.3 is 18.1 Å². The highest BCUT2D eigenvalue weighted by atomic mass is 19.4. The number of nitro groups is 1. The van der Waals surface area contributed by atoms with Gasteiger partial charge in [-0.25, -0.2) is 0 Å². The maximum Gasteiger partial charge on any atom is 0.573 e. The molecule has 0 radical (unpaired) electrons. The van der Waals surface area contributed by atoms with Crippen molar-refractivity contribution in [3.8, 4) is 17.7 Å². The molecular weight excluding hydrogens is 271 g/mol. The number of nitriles is 1. The second-order valence-electron chi connectivity index (χ2n) is 3.11. The molecule has 19 heavy (non-hydrogen) atoms. The highest BCUT2D eigenvalue weighted by Gasteiger charge is 2.35. The third kappa shape index (κ3) is 3.70. The summed E-state index contributed by atoms with van der Waals surface area (Å²) in [7, 11) is 1.06. The summed E-state index contributed by atoms with van der Waals surface area (Å²) in [5, 5.41) is 19.1. The van der Waals surface area contributed by atoms with Gasteiger partial charge in [0.25, 0.3) is 0 Å².